The fraction of sp³-hybridized carbons (Fsp3) is 0.194. The summed E-state index contributed by atoms with van der Waals surface area (Å²) in [6.07, 6.45) is 1.89. The fourth-order valence-electron chi connectivity index (χ4n) is 6.05. The summed E-state index contributed by atoms with van der Waals surface area (Å²) in [5.41, 5.74) is 5.32. The van der Waals surface area contributed by atoms with Crippen molar-refractivity contribution < 1.29 is 14.4 Å². The lowest BCUT2D eigenvalue weighted by Gasteiger charge is -2.28. The van der Waals surface area contributed by atoms with E-state index < -0.39 is 12.0 Å². The Morgan fingerprint density at radius 2 is 1.58 bits per heavy atom. The average molecular weight is 571 g/mol. The molecule has 0 unspecified atom stereocenters. The molecule has 1 saturated heterocycles. The first-order chi connectivity index (χ1) is 21.1. The van der Waals surface area contributed by atoms with Crippen molar-refractivity contribution in [2.75, 3.05) is 18.5 Å². The van der Waals surface area contributed by atoms with Crippen molar-refractivity contribution in [3.05, 3.63) is 127 Å². The van der Waals surface area contributed by atoms with Crippen LogP contribution in [0.5, 0.6) is 0 Å². The number of anilines is 1. The lowest BCUT2D eigenvalue weighted by molar-refractivity contribution is -0.137. The molecule has 1 aliphatic heterocycles. The van der Waals surface area contributed by atoms with Gasteiger partial charge in [0.15, 0.2) is 0 Å². The Hall–Kier alpha value is -5.17. The van der Waals surface area contributed by atoms with E-state index in [0.29, 0.717) is 11.4 Å². The van der Waals surface area contributed by atoms with Crippen LogP contribution < -0.4 is 5.32 Å². The molecular formula is C36H34N4O3. The molecule has 0 radical (unpaired) electrons. The summed E-state index contributed by atoms with van der Waals surface area (Å²) in [6, 6.07) is 32.9. The minimum Gasteiger partial charge on any atom is -0.392 e. The van der Waals surface area contributed by atoms with E-state index in [-0.39, 0.29) is 31.4 Å². The lowest BCUT2D eigenvalue weighted by Crippen LogP contribution is -2.45. The number of rotatable bonds is 9. The minimum absolute atomic E-state index is 0.159. The van der Waals surface area contributed by atoms with Crippen LogP contribution in [0.4, 0.5) is 5.69 Å². The summed E-state index contributed by atoms with van der Waals surface area (Å²) < 4.78 is 2.27. The van der Waals surface area contributed by atoms with E-state index in [1.54, 1.807) is 11.0 Å². The molecule has 0 bridgehead atoms. The number of hydrogen-bond acceptors (Lipinski definition) is 4. The standard InChI is InChI=1S/C36H34N4O3/c1-3-21-43-38-28-23-33(40(24-28)36(42)34(25-13-7-5-8-14-25)26-15-9-6-10-16-26)35(41)37-27-19-20-32-30(22-27)29-17-11-12-18-31(29)39(32)4-2/h3,5-20,22,33-34H,1,4,21,23-24H2,2H3,(H,37,41)/b38-28+/t33-/m0/s1. The fourth-order valence-corrected chi connectivity index (χ4v) is 6.05. The maximum absolute atomic E-state index is 14.4. The predicted octanol–water partition coefficient (Wildman–Crippen LogP) is 6.74. The number of para-hydroxylation sites is 1. The van der Waals surface area contributed by atoms with Gasteiger partial charge in [-0.15, -0.1) is 0 Å². The van der Waals surface area contributed by atoms with Crippen LogP contribution in [0.2, 0.25) is 0 Å². The third-order valence-electron chi connectivity index (χ3n) is 8.00. The summed E-state index contributed by atoms with van der Waals surface area (Å²) in [4.78, 5) is 35.3. The molecular weight excluding hydrogens is 536 g/mol. The van der Waals surface area contributed by atoms with Gasteiger partial charge in [0, 0.05) is 40.5 Å². The third-order valence-corrected chi connectivity index (χ3v) is 8.00. The highest BCUT2D eigenvalue weighted by Crippen LogP contribution is 2.33. The quantitative estimate of drug-likeness (QED) is 0.121. The van der Waals surface area contributed by atoms with Crippen molar-refractivity contribution in [1.29, 1.82) is 0 Å². The average Bonchev–Trinajstić information content (AvgIpc) is 3.61. The van der Waals surface area contributed by atoms with Crippen LogP contribution in [0.3, 0.4) is 0 Å². The molecule has 6 rings (SSSR count). The van der Waals surface area contributed by atoms with Gasteiger partial charge in [-0.05, 0) is 42.3 Å². The van der Waals surface area contributed by atoms with Gasteiger partial charge in [0.05, 0.1) is 18.2 Å². The van der Waals surface area contributed by atoms with Crippen LogP contribution in [0.15, 0.2) is 121 Å². The highest BCUT2D eigenvalue weighted by molar-refractivity contribution is 6.11. The molecule has 216 valence electrons. The molecule has 2 amide bonds. The van der Waals surface area contributed by atoms with E-state index >= 15 is 0 Å². The molecule has 2 heterocycles. The Bertz CT molecular complexity index is 1770. The second-order valence-corrected chi connectivity index (χ2v) is 10.7. The summed E-state index contributed by atoms with van der Waals surface area (Å²) in [5.74, 6) is -0.990. The van der Waals surface area contributed by atoms with Gasteiger partial charge in [-0.2, -0.15) is 0 Å². The Morgan fingerprint density at radius 1 is 0.930 bits per heavy atom. The highest BCUT2D eigenvalue weighted by atomic mass is 16.6. The number of fused-ring (bicyclic) bond motifs is 3. The first-order valence-electron chi connectivity index (χ1n) is 14.6. The zero-order valence-corrected chi connectivity index (χ0v) is 24.1. The molecule has 1 atom stereocenters. The maximum Gasteiger partial charge on any atom is 0.247 e. The number of aryl methyl sites for hydroxylation is 1. The number of carbonyl (C=O) groups excluding carboxylic acids is 2. The first kappa shape index (κ1) is 28.0. The number of amides is 2. The molecule has 5 aromatic rings. The van der Waals surface area contributed by atoms with E-state index in [2.05, 4.69) is 40.7 Å². The Labute approximate surface area is 251 Å². The van der Waals surface area contributed by atoms with Gasteiger partial charge >= 0.3 is 0 Å². The van der Waals surface area contributed by atoms with Crippen molar-refractivity contribution in [2.24, 2.45) is 5.16 Å². The van der Waals surface area contributed by atoms with Crippen LogP contribution >= 0.6 is 0 Å². The molecule has 1 aromatic heterocycles. The number of hydrogen-bond donors (Lipinski definition) is 1. The topological polar surface area (TPSA) is 75.9 Å². The van der Waals surface area contributed by atoms with E-state index in [9.17, 15) is 9.59 Å². The highest BCUT2D eigenvalue weighted by Gasteiger charge is 2.41. The zero-order valence-electron chi connectivity index (χ0n) is 24.1. The Balaban J connectivity index is 1.33. The molecule has 0 aliphatic carbocycles. The second kappa shape index (κ2) is 12.4. The van der Waals surface area contributed by atoms with Gasteiger partial charge in [0.2, 0.25) is 11.8 Å². The molecule has 43 heavy (non-hydrogen) atoms. The van der Waals surface area contributed by atoms with E-state index in [4.69, 9.17) is 4.84 Å². The summed E-state index contributed by atoms with van der Waals surface area (Å²) in [6.45, 7) is 7.09. The molecule has 1 aliphatic rings. The van der Waals surface area contributed by atoms with E-state index in [1.807, 2.05) is 91.0 Å². The third kappa shape index (κ3) is 5.54. The smallest absolute Gasteiger partial charge is 0.247 e. The molecule has 1 fully saturated rings. The summed E-state index contributed by atoms with van der Waals surface area (Å²) in [5, 5.41) is 9.56. The SMILES string of the molecule is C=CCO/N=C1\C[C@@H](C(=O)Nc2ccc3c(c2)c2ccccc2n3CC)N(C(=O)C(c2ccccc2)c2ccccc2)C1. The molecule has 7 nitrogen and oxygen atoms in total. The predicted molar refractivity (Wildman–Crippen MR) is 172 cm³/mol. The van der Waals surface area contributed by atoms with Crippen LogP contribution in [-0.2, 0) is 21.0 Å². The van der Waals surface area contributed by atoms with Crippen LogP contribution in [-0.4, -0.2) is 46.2 Å². The second-order valence-electron chi connectivity index (χ2n) is 10.7. The number of aromatic nitrogens is 1. The lowest BCUT2D eigenvalue weighted by atomic mass is 9.90. The Kier molecular flexibility index (Phi) is 8.05. The molecule has 4 aromatic carbocycles. The van der Waals surface area contributed by atoms with Crippen molar-refractivity contribution in [3.63, 3.8) is 0 Å². The van der Waals surface area contributed by atoms with Crippen molar-refractivity contribution in [2.45, 2.75) is 31.8 Å². The normalized spacial score (nSPS) is 15.8. The number of oxime groups is 1. The monoisotopic (exact) mass is 570 g/mol. The van der Waals surface area contributed by atoms with Gasteiger partial charge in [0.25, 0.3) is 0 Å². The number of nitrogens with zero attached hydrogens (tertiary/aromatic N) is 3. The maximum atomic E-state index is 14.4. The number of benzene rings is 4. The van der Waals surface area contributed by atoms with Crippen LogP contribution in [0.25, 0.3) is 21.8 Å². The number of nitrogens with one attached hydrogen (secondary N) is 1. The van der Waals surface area contributed by atoms with Gasteiger partial charge in [-0.25, -0.2) is 0 Å². The largest absolute Gasteiger partial charge is 0.392 e. The zero-order chi connectivity index (χ0) is 29.8. The van der Waals surface area contributed by atoms with Crippen LogP contribution in [0, 0.1) is 0 Å². The van der Waals surface area contributed by atoms with Gasteiger partial charge < -0.3 is 19.6 Å². The van der Waals surface area contributed by atoms with Gasteiger partial charge in [-0.3, -0.25) is 9.59 Å². The molecule has 0 spiro atoms. The first-order valence-corrected chi connectivity index (χ1v) is 14.6. The van der Waals surface area contributed by atoms with Crippen molar-refractivity contribution in [3.8, 4) is 0 Å². The minimum atomic E-state index is -0.749. The summed E-state index contributed by atoms with van der Waals surface area (Å²) in [7, 11) is 0. The van der Waals surface area contributed by atoms with Gasteiger partial charge in [0.1, 0.15) is 12.6 Å². The van der Waals surface area contributed by atoms with Crippen molar-refractivity contribution >= 4 is 45.0 Å². The number of likely N-dealkylation sites (tertiary alicyclic amines) is 1. The molecule has 0 saturated carbocycles. The Morgan fingerprint density at radius 3 is 2.26 bits per heavy atom. The van der Waals surface area contributed by atoms with E-state index in [1.165, 1.54) is 0 Å². The van der Waals surface area contributed by atoms with Gasteiger partial charge in [-0.1, -0.05) is 96.7 Å². The molecule has 7 heteroatoms. The number of carbonyl (C=O) groups is 2. The molecule has 1 N–H and O–H groups in total. The van der Waals surface area contributed by atoms with E-state index in [0.717, 1.165) is 39.5 Å². The summed E-state index contributed by atoms with van der Waals surface area (Å²) >= 11 is 0. The van der Waals surface area contributed by atoms with Crippen molar-refractivity contribution in [1.82, 2.24) is 9.47 Å². The van der Waals surface area contributed by atoms with Crippen LogP contribution in [0.1, 0.15) is 30.4 Å².